The molecule has 3 heterocycles. The highest BCUT2D eigenvalue weighted by molar-refractivity contribution is 7.20. The van der Waals surface area contributed by atoms with Crippen LogP contribution in [0.4, 0.5) is 19.0 Å². The lowest BCUT2D eigenvalue weighted by atomic mass is 9.87. The summed E-state index contributed by atoms with van der Waals surface area (Å²) >= 11 is 7.30. The van der Waals surface area contributed by atoms with Crippen molar-refractivity contribution in [3.8, 4) is 0 Å². The van der Waals surface area contributed by atoms with Gasteiger partial charge in [0.2, 0.25) is 5.28 Å². The van der Waals surface area contributed by atoms with E-state index in [1.165, 1.54) is 11.3 Å². The zero-order chi connectivity index (χ0) is 28.8. The summed E-state index contributed by atoms with van der Waals surface area (Å²) in [7, 11) is 0. The molecule has 3 aromatic heterocycles. The fraction of sp³-hybridized carbons (Fsp3) is 0.350. The molecule has 0 aliphatic heterocycles. The summed E-state index contributed by atoms with van der Waals surface area (Å²) < 4.78 is 87.0. The number of aryl methyl sites for hydroxylation is 1. The van der Waals surface area contributed by atoms with Crippen molar-refractivity contribution in [2.75, 3.05) is 5.32 Å². The number of thiophene rings is 1. The Hall–Kier alpha value is -2.63. The number of hydrogen-bond acceptors (Lipinski definition) is 7. The van der Waals surface area contributed by atoms with Gasteiger partial charge in [0.05, 0.1) is 25.8 Å². The van der Waals surface area contributed by atoms with E-state index in [9.17, 15) is 13.2 Å². The van der Waals surface area contributed by atoms with Crippen LogP contribution >= 0.6 is 22.9 Å². The lowest BCUT2D eigenvalue weighted by Crippen LogP contribution is -2.29. The summed E-state index contributed by atoms with van der Waals surface area (Å²) in [5.74, 6) is -2.82. The Morgan fingerprint density at radius 2 is 2.16 bits per heavy atom. The predicted octanol–water partition coefficient (Wildman–Crippen LogP) is 5.25. The largest absolute Gasteiger partial charge is 0.490 e. The van der Waals surface area contributed by atoms with Crippen molar-refractivity contribution in [2.45, 2.75) is 44.4 Å². The molecule has 0 amide bonds. The number of carboxylic acids is 1. The van der Waals surface area contributed by atoms with E-state index in [-0.39, 0.29) is 5.28 Å². The quantitative estimate of drug-likeness (QED) is 0.335. The molecule has 4 N–H and O–H groups in total. The number of nitrogens with two attached hydrogens (primary N) is 1. The van der Waals surface area contributed by atoms with Gasteiger partial charge in [-0.2, -0.15) is 18.2 Å². The SMILES string of the molecule is O=C(O)C(F)(F)F.[2H]C1=C([2H])C([2H])([2H])[C@@H](c2sc3c(NCc4ccco4)nc(Cl)nc3c2C)[C@H](N)C1([2H])[2H]. The molecule has 0 bridgehead atoms. The average molecular weight is 495 g/mol. The second-order valence-electron chi connectivity index (χ2n) is 6.39. The highest BCUT2D eigenvalue weighted by Gasteiger charge is 2.38. The van der Waals surface area contributed by atoms with Crippen molar-refractivity contribution >= 4 is 44.9 Å². The number of nitrogens with one attached hydrogen (secondary N) is 1. The monoisotopic (exact) mass is 494 g/mol. The van der Waals surface area contributed by atoms with Crippen LogP contribution in [0.3, 0.4) is 0 Å². The molecule has 0 saturated heterocycles. The van der Waals surface area contributed by atoms with Gasteiger partial charge >= 0.3 is 12.1 Å². The van der Waals surface area contributed by atoms with Crippen molar-refractivity contribution < 1.29 is 35.7 Å². The number of carboxylic acid groups (broad SMARTS) is 1. The molecule has 32 heavy (non-hydrogen) atoms. The molecule has 4 rings (SSSR count). The van der Waals surface area contributed by atoms with Gasteiger partial charge in [0.25, 0.3) is 0 Å². The number of hydrogen-bond donors (Lipinski definition) is 3. The first-order chi connectivity index (χ1) is 17.4. The number of carbonyl (C=O) groups is 1. The smallest absolute Gasteiger partial charge is 0.475 e. The van der Waals surface area contributed by atoms with Crippen LogP contribution < -0.4 is 11.1 Å². The van der Waals surface area contributed by atoms with Crippen molar-refractivity contribution in [2.24, 2.45) is 5.73 Å². The first-order valence-corrected chi connectivity index (χ1v) is 10.1. The third-order valence-corrected chi connectivity index (χ3v) is 5.74. The van der Waals surface area contributed by atoms with Gasteiger partial charge in [0, 0.05) is 22.3 Å². The summed E-state index contributed by atoms with van der Waals surface area (Å²) in [6.07, 6.45) is -8.20. The number of nitrogens with zero attached hydrogens (tertiary/aromatic N) is 2. The van der Waals surface area contributed by atoms with Gasteiger partial charge in [0.1, 0.15) is 11.6 Å². The molecule has 0 fully saturated rings. The Bertz CT molecular complexity index is 1380. The molecule has 172 valence electrons. The molecular formula is C20H20ClF3N4O3S. The zero-order valence-corrected chi connectivity index (χ0v) is 17.8. The molecule has 0 spiro atoms. The van der Waals surface area contributed by atoms with Crippen LogP contribution in [0.25, 0.3) is 10.2 Å². The van der Waals surface area contributed by atoms with Crippen LogP contribution in [-0.2, 0) is 11.3 Å². The Kier molecular flexibility index (Phi) is 5.23. The molecule has 7 nitrogen and oxygen atoms in total. The summed E-state index contributed by atoms with van der Waals surface area (Å²) in [5.41, 5.74) is 7.25. The van der Waals surface area contributed by atoms with Gasteiger partial charge in [-0.1, -0.05) is 12.1 Å². The first-order valence-electron chi connectivity index (χ1n) is 11.9. The molecule has 3 aromatic rings. The molecule has 1 aliphatic carbocycles. The van der Waals surface area contributed by atoms with Crippen molar-refractivity contribution in [1.29, 1.82) is 0 Å². The highest BCUT2D eigenvalue weighted by atomic mass is 35.5. The molecule has 12 heteroatoms. The number of anilines is 1. The maximum Gasteiger partial charge on any atom is 0.490 e. The fourth-order valence-electron chi connectivity index (χ4n) is 2.71. The first kappa shape index (κ1) is 16.9. The van der Waals surface area contributed by atoms with Crippen LogP contribution in [0.1, 0.15) is 43.1 Å². The summed E-state index contributed by atoms with van der Waals surface area (Å²) in [6, 6.07) is 0.764. The van der Waals surface area contributed by atoms with E-state index in [1.807, 2.05) is 0 Å². The maximum atomic E-state index is 10.6. The molecule has 1 aliphatic rings. The van der Waals surface area contributed by atoms with Crippen LogP contribution in [-0.4, -0.2) is 33.3 Å². The predicted molar refractivity (Wildman–Crippen MR) is 116 cm³/mol. The summed E-state index contributed by atoms with van der Waals surface area (Å²) in [5, 5.41) is 10.3. The Morgan fingerprint density at radius 3 is 2.78 bits per heavy atom. The molecule has 0 aromatic carbocycles. The number of allylic oxidation sites excluding steroid dienone is 1. The number of furan rings is 1. The number of aromatic nitrogens is 2. The Balaban J connectivity index is 0.000000505. The number of rotatable bonds is 4. The van der Waals surface area contributed by atoms with E-state index in [4.69, 9.17) is 39.9 Å². The molecular weight excluding hydrogens is 469 g/mol. The molecule has 0 saturated carbocycles. The highest BCUT2D eigenvalue weighted by Crippen LogP contribution is 2.42. The number of halogens is 4. The lowest BCUT2D eigenvalue weighted by molar-refractivity contribution is -0.192. The Labute approximate surface area is 198 Å². The number of fused-ring (bicyclic) bond motifs is 1. The van der Waals surface area contributed by atoms with Gasteiger partial charge in [-0.15, -0.1) is 11.3 Å². The second-order valence-corrected chi connectivity index (χ2v) is 7.78. The second kappa shape index (κ2) is 9.88. The topological polar surface area (TPSA) is 114 Å². The van der Waals surface area contributed by atoms with E-state index in [0.29, 0.717) is 38.8 Å². The minimum absolute atomic E-state index is 0.00250. The third-order valence-electron chi connectivity index (χ3n) is 4.20. The van der Waals surface area contributed by atoms with Crippen molar-refractivity contribution in [1.82, 2.24) is 9.97 Å². The van der Waals surface area contributed by atoms with E-state index in [1.54, 1.807) is 25.3 Å². The van der Waals surface area contributed by atoms with E-state index >= 15 is 0 Å². The van der Waals surface area contributed by atoms with Crippen LogP contribution in [0.5, 0.6) is 0 Å². The van der Waals surface area contributed by atoms with Crippen LogP contribution in [0.15, 0.2) is 34.9 Å². The third kappa shape index (κ3) is 5.59. The standard InChI is InChI=1S/C18H19ClN4OS.C2HF3O2/c1-10-14-16(25-15(10)12-6-2-3-7-13(12)20)17(23-18(19)22-14)21-9-11-5-4-8-24-11;3-2(4,5)1(6)7/h2-5,8,12-13H,6-7,9,20H2,1H3,(H,21,22,23);(H,6,7)/t12-,13-;/m1./s1/i2D,3D,6D2,7D2;. The van der Waals surface area contributed by atoms with Gasteiger partial charge in [0.15, 0.2) is 0 Å². The summed E-state index contributed by atoms with van der Waals surface area (Å²) in [6.45, 7) is 2.07. The van der Waals surface area contributed by atoms with Gasteiger partial charge in [-0.25, -0.2) is 9.78 Å². The van der Waals surface area contributed by atoms with Gasteiger partial charge in [-0.05, 0) is 49.0 Å². The molecule has 2 atom stereocenters. The van der Waals surface area contributed by atoms with Crippen molar-refractivity contribution in [3.05, 3.63) is 52.0 Å². The lowest BCUT2D eigenvalue weighted by Gasteiger charge is -2.24. The minimum Gasteiger partial charge on any atom is -0.475 e. The van der Waals surface area contributed by atoms with Crippen LogP contribution in [0.2, 0.25) is 5.28 Å². The fourth-order valence-corrected chi connectivity index (χ4v) is 4.19. The van der Waals surface area contributed by atoms with Crippen molar-refractivity contribution in [3.63, 3.8) is 0 Å². The van der Waals surface area contributed by atoms with Gasteiger partial charge in [-0.3, -0.25) is 0 Å². The number of aliphatic carboxylic acids is 1. The van der Waals surface area contributed by atoms with E-state index in [2.05, 4.69) is 15.3 Å². The minimum atomic E-state index is -5.08. The van der Waals surface area contributed by atoms with E-state index in [0.717, 1.165) is 0 Å². The van der Waals surface area contributed by atoms with E-state index < -0.39 is 49.0 Å². The Morgan fingerprint density at radius 1 is 1.47 bits per heavy atom. The average Bonchev–Trinajstić information content (AvgIpc) is 3.44. The van der Waals surface area contributed by atoms with Gasteiger partial charge < -0.3 is 20.6 Å². The normalized spacial score (nSPS) is 24.8. The van der Waals surface area contributed by atoms with Crippen LogP contribution in [0, 0.1) is 6.92 Å². The summed E-state index contributed by atoms with van der Waals surface area (Å²) in [4.78, 5) is 17.9. The molecule has 0 radical (unpaired) electrons. The zero-order valence-electron chi connectivity index (χ0n) is 22.2. The molecule has 0 unspecified atom stereocenters. The number of alkyl halides is 3. The maximum absolute atomic E-state index is 10.6.